The van der Waals surface area contributed by atoms with E-state index >= 15 is 0 Å². The molecule has 0 amide bonds. The number of allylic oxidation sites excluding steroid dienone is 1. The normalized spacial score (nSPS) is 11.5. The van der Waals surface area contributed by atoms with Crippen molar-refractivity contribution < 1.29 is 4.79 Å². The first kappa shape index (κ1) is 13.0. The van der Waals surface area contributed by atoms with Crippen LogP contribution in [-0.4, -0.2) is 10.9 Å². The molecule has 1 aromatic rings. The lowest BCUT2D eigenvalue weighted by Gasteiger charge is -2.01. The molecule has 0 bridgehead atoms. The highest BCUT2D eigenvalue weighted by molar-refractivity contribution is 8.14. The molecule has 2 heteroatoms. The predicted molar refractivity (Wildman–Crippen MR) is 71.7 cm³/mol. The van der Waals surface area contributed by atoms with Crippen molar-refractivity contribution in [1.82, 2.24) is 0 Å². The van der Waals surface area contributed by atoms with Crippen LogP contribution in [-0.2, 0) is 11.2 Å². The molecule has 0 saturated carbocycles. The number of hydrogen-bond acceptors (Lipinski definition) is 2. The number of aryl methyl sites for hydroxylation is 1. The first-order chi connectivity index (χ1) is 7.72. The molecule has 0 aliphatic carbocycles. The summed E-state index contributed by atoms with van der Waals surface area (Å²) in [5.74, 6) is 0.849. The maximum Gasteiger partial charge on any atom is 0.212 e. The van der Waals surface area contributed by atoms with Gasteiger partial charge in [0.2, 0.25) is 5.12 Å². The molecule has 0 unspecified atom stereocenters. The quantitative estimate of drug-likeness (QED) is 0.720. The molecule has 0 atom stereocenters. The summed E-state index contributed by atoms with van der Waals surface area (Å²) < 4.78 is 0. The number of rotatable bonds is 5. The Morgan fingerprint density at radius 3 is 2.62 bits per heavy atom. The van der Waals surface area contributed by atoms with Crippen LogP contribution < -0.4 is 0 Å². The van der Waals surface area contributed by atoms with Gasteiger partial charge in [-0.05, 0) is 37.2 Å². The fourth-order valence-electron chi connectivity index (χ4n) is 1.44. The van der Waals surface area contributed by atoms with Crippen LogP contribution in [0.2, 0.25) is 0 Å². The van der Waals surface area contributed by atoms with Gasteiger partial charge in [0.05, 0.1) is 0 Å². The van der Waals surface area contributed by atoms with Gasteiger partial charge in [0.1, 0.15) is 0 Å². The zero-order valence-corrected chi connectivity index (χ0v) is 10.7. The Morgan fingerprint density at radius 1 is 1.31 bits per heavy atom. The average Bonchev–Trinajstić information content (AvgIpc) is 2.28. The molecule has 0 N–H and O–H groups in total. The predicted octanol–water partition coefficient (Wildman–Crippen LogP) is 3.85. The second-order valence-electron chi connectivity index (χ2n) is 3.73. The Hall–Kier alpha value is -1.02. The summed E-state index contributed by atoms with van der Waals surface area (Å²) in [6.45, 7) is 4.02. The van der Waals surface area contributed by atoms with Crippen LogP contribution in [0.4, 0.5) is 0 Å². The molecule has 0 aliphatic heterocycles. The smallest absolute Gasteiger partial charge is 0.212 e. The number of carbonyl (C=O) groups excluding carboxylic acids is 1. The van der Waals surface area contributed by atoms with E-state index in [2.05, 4.69) is 12.1 Å². The van der Waals surface area contributed by atoms with Gasteiger partial charge in [-0.1, -0.05) is 54.6 Å². The van der Waals surface area contributed by atoms with Crippen molar-refractivity contribution in [2.24, 2.45) is 0 Å². The first-order valence-electron chi connectivity index (χ1n) is 5.60. The van der Waals surface area contributed by atoms with E-state index in [0.717, 1.165) is 24.2 Å². The highest BCUT2D eigenvalue weighted by Gasteiger charge is 1.98. The van der Waals surface area contributed by atoms with Crippen LogP contribution >= 0.6 is 11.8 Å². The SMILES string of the molecule is CCSC(=O)/C=C(\C)CCc1ccccc1. The molecule has 0 fully saturated rings. The third-order valence-electron chi connectivity index (χ3n) is 2.30. The molecule has 0 heterocycles. The molecule has 0 aliphatic rings. The number of hydrogen-bond donors (Lipinski definition) is 0. The van der Waals surface area contributed by atoms with Crippen LogP contribution in [0.25, 0.3) is 0 Å². The van der Waals surface area contributed by atoms with Crippen LogP contribution in [0.3, 0.4) is 0 Å². The summed E-state index contributed by atoms with van der Waals surface area (Å²) >= 11 is 1.37. The number of thioether (sulfide) groups is 1. The highest BCUT2D eigenvalue weighted by Crippen LogP contribution is 2.11. The average molecular weight is 234 g/mol. The van der Waals surface area contributed by atoms with Gasteiger partial charge in [0.25, 0.3) is 0 Å². The lowest BCUT2D eigenvalue weighted by atomic mass is 10.1. The molecule has 1 nitrogen and oxygen atoms in total. The summed E-state index contributed by atoms with van der Waals surface area (Å²) in [6.07, 6.45) is 3.73. The molecule has 0 spiro atoms. The topological polar surface area (TPSA) is 17.1 Å². The van der Waals surface area contributed by atoms with E-state index in [9.17, 15) is 4.79 Å². The minimum absolute atomic E-state index is 0.174. The molecule has 0 saturated heterocycles. The van der Waals surface area contributed by atoms with Gasteiger partial charge in [-0.3, -0.25) is 4.79 Å². The zero-order chi connectivity index (χ0) is 11.8. The third kappa shape index (κ3) is 5.17. The van der Waals surface area contributed by atoms with Gasteiger partial charge in [-0.15, -0.1) is 0 Å². The molecule has 1 rings (SSSR count). The van der Waals surface area contributed by atoms with Crippen molar-refractivity contribution >= 4 is 16.9 Å². The van der Waals surface area contributed by atoms with Gasteiger partial charge >= 0.3 is 0 Å². The summed E-state index contributed by atoms with van der Waals surface area (Å²) in [7, 11) is 0. The van der Waals surface area contributed by atoms with E-state index in [-0.39, 0.29) is 5.12 Å². The minimum Gasteiger partial charge on any atom is -0.282 e. The highest BCUT2D eigenvalue weighted by atomic mass is 32.2. The first-order valence-corrected chi connectivity index (χ1v) is 6.58. The third-order valence-corrected chi connectivity index (χ3v) is 2.99. The Labute approximate surface area is 102 Å². The van der Waals surface area contributed by atoms with E-state index in [1.165, 1.54) is 17.3 Å². The molecule has 0 aromatic heterocycles. The van der Waals surface area contributed by atoms with Crippen LogP contribution in [0.1, 0.15) is 25.8 Å². The van der Waals surface area contributed by atoms with Gasteiger partial charge in [0, 0.05) is 0 Å². The van der Waals surface area contributed by atoms with E-state index in [1.54, 1.807) is 6.08 Å². The molecule has 0 radical (unpaired) electrons. The van der Waals surface area contributed by atoms with Crippen LogP contribution in [0, 0.1) is 0 Å². The largest absolute Gasteiger partial charge is 0.282 e. The fourth-order valence-corrected chi connectivity index (χ4v) is 2.01. The molecular formula is C14H18OS. The number of carbonyl (C=O) groups is 1. The van der Waals surface area contributed by atoms with Gasteiger partial charge in [-0.2, -0.15) is 0 Å². The summed E-state index contributed by atoms with van der Waals surface area (Å²) in [6, 6.07) is 10.4. The summed E-state index contributed by atoms with van der Waals surface area (Å²) in [5, 5.41) is 0.174. The zero-order valence-electron chi connectivity index (χ0n) is 9.90. The standard InChI is InChI=1S/C14H18OS/c1-3-16-14(15)11-12(2)9-10-13-7-5-4-6-8-13/h4-8,11H,3,9-10H2,1-2H3/b12-11+. The van der Waals surface area contributed by atoms with Gasteiger partial charge in [0.15, 0.2) is 0 Å². The second-order valence-corrected chi connectivity index (χ2v) is 5.00. The van der Waals surface area contributed by atoms with Gasteiger partial charge in [-0.25, -0.2) is 0 Å². The lowest BCUT2D eigenvalue weighted by Crippen LogP contribution is -1.91. The Balaban J connectivity index is 2.40. The Kier molecular flexibility index (Phi) is 5.94. The maximum atomic E-state index is 11.4. The van der Waals surface area contributed by atoms with E-state index < -0.39 is 0 Å². The van der Waals surface area contributed by atoms with Gasteiger partial charge < -0.3 is 0 Å². The minimum atomic E-state index is 0.174. The molecular weight excluding hydrogens is 216 g/mol. The van der Waals surface area contributed by atoms with Crippen molar-refractivity contribution in [1.29, 1.82) is 0 Å². The summed E-state index contributed by atoms with van der Waals surface area (Å²) in [4.78, 5) is 11.4. The summed E-state index contributed by atoms with van der Waals surface area (Å²) in [5.41, 5.74) is 2.49. The second kappa shape index (κ2) is 7.29. The van der Waals surface area contributed by atoms with Crippen LogP contribution in [0.15, 0.2) is 42.0 Å². The Morgan fingerprint density at radius 2 is 2.00 bits per heavy atom. The van der Waals surface area contributed by atoms with Crippen molar-refractivity contribution in [3.05, 3.63) is 47.5 Å². The van der Waals surface area contributed by atoms with E-state index in [1.807, 2.05) is 32.0 Å². The van der Waals surface area contributed by atoms with Crippen molar-refractivity contribution in [2.45, 2.75) is 26.7 Å². The Bertz CT molecular complexity index is 354. The van der Waals surface area contributed by atoms with Crippen LogP contribution in [0.5, 0.6) is 0 Å². The van der Waals surface area contributed by atoms with Crippen molar-refractivity contribution in [3.63, 3.8) is 0 Å². The number of benzene rings is 1. The molecule has 16 heavy (non-hydrogen) atoms. The van der Waals surface area contributed by atoms with E-state index in [4.69, 9.17) is 0 Å². The van der Waals surface area contributed by atoms with E-state index in [0.29, 0.717) is 0 Å². The lowest BCUT2D eigenvalue weighted by molar-refractivity contribution is -0.107. The maximum absolute atomic E-state index is 11.4. The molecule has 86 valence electrons. The van der Waals surface area contributed by atoms with Crippen molar-refractivity contribution in [2.75, 3.05) is 5.75 Å². The van der Waals surface area contributed by atoms with Crippen molar-refractivity contribution in [3.8, 4) is 0 Å². The molecule has 1 aromatic carbocycles. The fraction of sp³-hybridized carbons (Fsp3) is 0.357. The monoisotopic (exact) mass is 234 g/mol.